The number of benzene rings is 2. The van der Waals surface area contributed by atoms with Gasteiger partial charge in [-0.3, -0.25) is 9.59 Å². The maximum absolute atomic E-state index is 13.2. The third-order valence-electron chi connectivity index (χ3n) is 5.24. The topological polar surface area (TPSA) is 58.6 Å². The summed E-state index contributed by atoms with van der Waals surface area (Å²) in [6.07, 6.45) is 0.689. The molecule has 1 aliphatic carbocycles. The lowest BCUT2D eigenvalue weighted by Crippen LogP contribution is -2.48. The first kappa shape index (κ1) is 16.6. The van der Waals surface area contributed by atoms with Crippen LogP contribution < -0.4 is 15.0 Å². The van der Waals surface area contributed by atoms with E-state index in [0.29, 0.717) is 12.2 Å². The molecule has 0 aromatic heterocycles. The Balaban J connectivity index is 1.61. The summed E-state index contributed by atoms with van der Waals surface area (Å²) in [7, 11) is 1.55. The largest absolute Gasteiger partial charge is 0.492 e. The number of ether oxygens (including phenoxy) is 1. The number of amides is 2. The number of fused-ring (bicyclic) bond motifs is 3. The van der Waals surface area contributed by atoms with Crippen LogP contribution in [0.2, 0.25) is 0 Å². The third kappa shape index (κ3) is 2.62. The number of likely N-dealkylation sites (N-methyl/N-ethyl adjacent to an activating group) is 1. The molecule has 1 N–H and O–H groups in total. The van der Waals surface area contributed by atoms with Gasteiger partial charge in [-0.25, -0.2) is 4.39 Å². The highest BCUT2D eigenvalue weighted by atomic mass is 19.1. The summed E-state index contributed by atoms with van der Waals surface area (Å²) in [5.41, 5.74) is 1.20. The molecule has 0 radical (unpaired) electrons. The van der Waals surface area contributed by atoms with Gasteiger partial charge in [0, 0.05) is 18.7 Å². The zero-order valence-electron chi connectivity index (χ0n) is 14.4. The molecule has 5 nitrogen and oxygen atoms in total. The SMILES string of the molecule is CNC(=O)CN1C(=O)[C@@]2(COc3ccc(F)cc3)C[C@H]2c2ccccc21. The van der Waals surface area contributed by atoms with E-state index < -0.39 is 5.41 Å². The number of nitrogens with zero attached hydrogens (tertiary/aromatic N) is 1. The van der Waals surface area contributed by atoms with Crippen LogP contribution in [0, 0.1) is 11.2 Å². The average Bonchev–Trinajstić information content (AvgIpc) is 3.41. The van der Waals surface area contributed by atoms with E-state index in [1.165, 1.54) is 12.1 Å². The third-order valence-corrected chi connectivity index (χ3v) is 5.24. The number of carbonyl (C=O) groups excluding carboxylic acids is 2. The van der Waals surface area contributed by atoms with Crippen molar-refractivity contribution in [3.63, 3.8) is 0 Å². The summed E-state index contributed by atoms with van der Waals surface area (Å²) in [6, 6.07) is 13.4. The first-order valence-electron chi connectivity index (χ1n) is 8.55. The second kappa shape index (κ2) is 6.12. The lowest BCUT2D eigenvalue weighted by molar-refractivity contribution is -0.128. The van der Waals surface area contributed by atoms with Gasteiger partial charge in [-0.2, -0.15) is 0 Å². The predicted molar refractivity (Wildman–Crippen MR) is 94.5 cm³/mol. The van der Waals surface area contributed by atoms with Crippen molar-refractivity contribution in [2.75, 3.05) is 25.1 Å². The van der Waals surface area contributed by atoms with Crippen LogP contribution in [0.5, 0.6) is 5.75 Å². The first-order chi connectivity index (χ1) is 12.5. The fourth-order valence-corrected chi connectivity index (χ4v) is 3.70. The lowest BCUT2D eigenvalue weighted by atomic mass is 9.92. The molecule has 0 spiro atoms. The molecule has 0 saturated heterocycles. The molecule has 1 heterocycles. The van der Waals surface area contributed by atoms with Crippen molar-refractivity contribution < 1.29 is 18.7 Å². The number of carbonyl (C=O) groups is 2. The van der Waals surface area contributed by atoms with E-state index in [0.717, 1.165) is 11.3 Å². The molecule has 4 rings (SSSR count). The van der Waals surface area contributed by atoms with Crippen LogP contribution in [0.4, 0.5) is 10.1 Å². The van der Waals surface area contributed by atoms with Gasteiger partial charge >= 0.3 is 0 Å². The summed E-state index contributed by atoms with van der Waals surface area (Å²) in [5.74, 6) is -0.0310. The Bertz CT molecular complexity index is 868. The number of anilines is 1. The van der Waals surface area contributed by atoms with Gasteiger partial charge in [0.1, 0.15) is 24.7 Å². The van der Waals surface area contributed by atoms with E-state index in [1.807, 2.05) is 24.3 Å². The summed E-state index contributed by atoms with van der Waals surface area (Å²) < 4.78 is 18.8. The molecular formula is C20H19FN2O3. The maximum Gasteiger partial charge on any atom is 0.239 e. The van der Waals surface area contributed by atoms with Crippen LogP contribution in [-0.2, 0) is 9.59 Å². The molecule has 1 fully saturated rings. The lowest BCUT2D eigenvalue weighted by Gasteiger charge is -2.33. The molecule has 2 aromatic rings. The monoisotopic (exact) mass is 354 g/mol. The van der Waals surface area contributed by atoms with Crippen molar-refractivity contribution >= 4 is 17.5 Å². The van der Waals surface area contributed by atoms with Crippen LogP contribution in [0.15, 0.2) is 48.5 Å². The Hall–Kier alpha value is -2.89. The zero-order valence-corrected chi connectivity index (χ0v) is 14.4. The number of hydrogen-bond donors (Lipinski definition) is 1. The van der Waals surface area contributed by atoms with Crippen LogP contribution in [0.3, 0.4) is 0 Å². The quantitative estimate of drug-likeness (QED) is 0.897. The highest BCUT2D eigenvalue weighted by Crippen LogP contribution is 2.65. The molecule has 0 unspecified atom stereocenters. The van der Waals surface area contributed by atoms with Crippen molar-refractivity contribution in [3.05, 3.63) is 59.9 Å². The normalized spacial score (nSPS) is 23.1. The van der Waals surface area contributed by atoms with E-state index in [9.17, 15) is 14.0 Å². The fraction of sp³-hybridized carbons (Fsp3) is 0.300. The fourth-order valence-electron chi connectivity index (χ4n) is 3.70. The highest BCUT2D eigenvalue weighted by Gasteiger charge is 2.66. The number of halogens is 1. The van der Waals surface area contributed by atoms with Gasteiger partial charge in [0.05, 0.1) is 5.41 Å². The van der Waals surface area contributed by atoms with Crippen LogP contribution in [0.1, 0.15) is 17.9 Å². The molecule has 6 heteroatoms. The molecule has 2 aromatic carbocycles. The Morgan fingerprint density at radius 2 is 2.00 bits per heavy atom. The van der Waals surface area contributed by atoms with Crippen molar-refractivity contribution in [1.29, 1.82) is 0 Å². The van der Waals surface area contributed by atoms with Crippen molar-refractivity contribution in [2.45, 2.75) is 12.3 Å². The second-order valence-corrected chi connectivity index (χ2v) is 6.78. The molecule has 2 amide bonds. The van der Waals surface area contributed by atoms with Gasteiger partial charge < -0.3 is 15.0 Å². The maximum atomic E-state index is 13.2. The molecule has 0 bridgehead atoms. The molecule has 2 aliphatic rings. The smallest absolute Gasteiger partial charge is 0.239 e. The Kier molecular flexibility index (Phi) is 3.90. The molecule has 2 atom stereocenters. The summed E-state index contributed by atoms with van der Waals surface area (Å²) in [4.78, 5) is 26.6. The zero-order chi connectivity index (χ0) is 18.3. The van der Waals surface area contributed by atoms with Crippen molar-refractivity contribution in [2.24, 2.45) is 5.41 Å². The standard InChI is InChI=1S/C20H19FN2O3/c1-22-18(24)11-23-17-5-3-2-4-15(17)16-10-20(16,19(23)25)12-26-14-8-6-13(21)7-9-14/h2-9,16H,10-12H2,1H3,(H,22,24)/t16-,20+/m0/s1. The average molecular weight is 354 g/mol. The Labute approximate surface area is 150 Å². The van der Waals surface area contributed by atoms with Gasteiger partial charge in [-0.05, 0) is 42.3 Å². The molecular weight excluding hydrogens is 335 g/mol. The van der Waals surface area contributed by atoms with Crippen LogP contribution in [0.25, 0.3) is 0 Å². The van der Waals surface area contributed by atoms with E-state index in [2.05, 4.69) is 5.32 Å². The van der Waals surface area contributed by atoms with Crippen LogP contribution >= 0.6 is 0 Å². The summed E-state index contributed by atoms with van der Waals surface area (Å²) >= 11 is 0. The van der Waals surface area contributed by atoms with Gasteiger partial charge in [0.15, 0.2) is 0 Å². The number of para-hydroxylation sites is 1. The van der Waals surface area contributed by atoms with Gasteiger partial charge in [-0.1, -0.05) is 18.2 Å². The van der Waals surface area contributed by atoms with Crippen molar-refractivity contribution in [1.82, 2.24) is 5.32 Å². The van der Waals surface area contributed by atoms with Gasteiger partial charge in [0.25, 0.3) is 0 Å². The minimum Gasteiger partial charge on any atom is -0.492 e. The molecule has 26 heavy (non-hydrogen) atoms. The van der Waals surface area contributed by atoms with E-state index in [4.69, 9.17) is 4.74 Å². The minimum absolute atomic E-state index is 0.0165. The molecule has 134 valence electrons. The summed E-state index contributed by atoms with van der Waals surface area (Å²) in [5, 5.41) is 2.57. The Morgan fingerprint density at radius 3 is 2.73 bits per heavy atom. The Morgan fingerprint density at radius 1 is 1.27 bits per heavy atom. The number of rotatable bonds is 5. The predicted octanol–water partition coefficient (Wildman–Crippen LogP) is 2.47. The minimum atomic E-state index is -0.656. The molecule has 1 saturated carbocycles. The summed E-state index contributed by atoms with van der Waals surface area (Å²) in [6.45, 7) is 0.193. The first-order valence-corrected chi connectivity index (χ1v) is 8.55. The van der Waals surface area contributed by atoms with E-state index in [-0.39, 0.29) is 36.7 Å². The van der Waals surface area contributed by atoms with Gasteiger partial charge in [0.2, 0.25) is 11.8 Å². The van der Waals surface area contributed by atoms with E-state index >= 15 is 0 Å². The second-order valence-electron chi connectivity index (χ2n) is 6.78. The number of hydrogen-bond acceptors (Lipinski definition) is 3. The van der Waals surface area contributed by atoms with Crippen LogP contribution in [-0.4, -0.2) is 32.0 Å². The van der Waals surface area contributed by atoms with Crippen molar-refractivity contribution in [3.8, 4) is 5.75 Å². The number of nitrogens with one attached hydrogen (secondary N) is 1. The molecule has 1 aliphatic heterocycles. The highest BCUT2D eigenvalue weighted by molar-refractivity contribution is 6.07. The van der Waals surface area contributed by atoms with E-state index in [1.54, 1.807) is 24.1 Å². The van der Waals surface area contributed by atoms with Gasteiger partial charge in [-0.15, -0.1) is 0 Å².